The molecule has 0 aromatic heterocycles. The fraction of sp³-hybridized carbons (Fsp3) is 0.867. The largest absolute Gasteiger partial charge is 0.465 e. The molecule has 1 aliphatic carbocycles. The van der Waals surface area contributed by atoms with Gasteiger partial charge in [0.1, 0.15) is 6.54 Å². The highest BCUT2D eigenvalue weighted by atomic mass is 16.5. The molecule has 1 N–H and O–H groups in total. The molecule has 110 valence electrons. The quantitative estimate of drug-likeness (QED) is 0.780. The molecule has 0 spiro atoms. The lowest BCUT2D eigenvalue weighted by atomic mass is 9.70. The molecule has 1 rings (SSSR count). The van der Waals surface area contributed by atoms with E-state index in [0.29, 0.717) is 24.4 Å². The van der Waals surface area contributed by atoms with Gasteiger partial charge in [0.2, 0.25) is 5.91 Å². The maximum atomic E-state index is 12.2. The molecule has 4 heteroatoms. The third-order valence-corrected chi connectivity index (χ3v) is 4.07. The van der Waals surface area contributed by atoms with E-state index in [1.807, 2.05) is 0 Å². The van der Waals surface area contributed by atoms with E-state index < -0.39 is 0 Å². The SMILES string of the molecule is CCOC(=O)CNC(=O)[C@@H]1C[C@H](C)CC[C@@H]1C(C)C. The third kappa shape index (κ3) is 4.84. The minimum absolute atomic E-state index is 0.0115. The van der Waals surface area contributed by atoms with Gasteiger partial charge in [-0.05, 0) is 37.5 Å². The summed E-state index contributed by atoms with van der Waals surface area (Å²) in [6.07, 6.45) is 3.23. The second-order valence-corrected chi connectivity index (χ2v) is 5.96. The summed E-state index contributed by atoms with van der Waals surface area (Å²) in [5.74, 6) is 1.22. The molecule has 0 aromatic rings. The Labute approximate surface area is 116 Å². The van der Waals surface area contributed by atoms with Crippen LogP contribution < -0.4 is 5.32 Å². The normalized spacial score (nSPS) is 27.1. The van der Waals surface area contributed by atoms with Crippen molar-refractivity contribution in [2.24, 2.45) is 23.7 Å². The molecule has 1 amide bonds. The van der Waals surface area contributed by atoms with Crippen LogP contribution in [-0.4, -0.2) is 25.0 Å². The predicted molar refractivity (Wildman–Crippen MR) is 74.5 cm³/mol. The van der Waals surface area contributed by atoms with Gasteiger partial charge in [0, 0.05) is 5.92 Å². The minimum atomic E-state index is -0.360. The molecule has 0 aliphatic heterocycles. The number of hydrogen-bond donors (Lipinski definition) is 1. The molecule has 4 nitrogen and oxygen atoms in total. The van der Waals surface area contributed by atoms with Gasteiger partial charge in [0.05, 0.1) is 6.61 Å². The van der Waals surface area contributed by atoms with Crippen molar-refractivity contribution in [2.75, 3.05) is 13.2 Å². The lowest BCUT2D eigenvalue weighted by Gasteiger charge is -2.36. The van der Waals surface area contributed by atoms with Crippen LogP contribution in [0, 0.1) is 23.7 Å². The van der Waals surface area contributed by atoms with Crippen molar-refractivity contribution in [3.05, 3.63) is 0 Å². The van der Waals surface area contributed by atoms with Crippen LogP contribution in [0.25, 0.3) is 0 Å². The monoisotopic (exact) mass is 269 g/mol. The topological polar surface area (TPSA) is 55.4 Å². The van der Waals surface area contributed by atoms with Crippen molar-refractivity contribution in [2.45, 2.75) is 47.0 Å². The van der Waals surface area contributed by atoms with Gasteiger partial charge in [-0.15, -0.1) is 0 Å². The Hall–Kier alpha value is -1.06. The Morgan fingerprint density at radius 3 is 2.58 bits per heavy atom. The van der Waals surface area contributed by atoms with Crippen molar-refractivity contribution in [3.63, 3.8) is 0 Å². The molecule has 0 heterocycles. The van der Waals surface area contributed by atoms with Crippen molar-refractivity contribution in [3.8, 4) is 0 Å². The number of ether oxygens (including phenoxy) is 1. The first-order valence-electron chi connectivity index (χ1n) is 7.39. The van der Waals surface area contributed by atoms with Crippen LogP contribution in [0.4, 0.5) is 0 Å². The highest BCUT2D eigenvalue weighted by molar-refractivity contribution is 5.83. The van der Waals surface area contributed by atoms with Crippen LogP contribution in [0.15, 0.2) is 0 Å². The maximum absolute atomic E-state index is 12.2. The van der Waals surface area contributed by atoms with Crippen molar-refractivity contribution in [1.29, 1.82) is 0 Å². The van der Waals surface area contributed by atoms with Gasteiger partial charge >= 0.3 is 5.97 Å². The second kappa shape index (κ2) is 7.51. The van der Waals surface area contributed by atoms with Crippen LogP contribution in [-0.2, 0) is 14.3 Å². The summed E-state index contributed by atoms with van der Waals surface area (Å²) < 4.78 is 4.82. The number of carbonyl (C=O) groups excluding carboxylic acids is 2. The highest BCUT2D eigenvalue weighted by Crippen LogP contribution is 2.37. The number of carbonyl (C=O) groups is 2. The summed E-state index contributed by atoms with van der Waals surface area (Å²) in [6.45, 7) is 8.64. The lowest BCUT2D eigenvalue weighted by Crippen LogP contribution is -2.42. The molecular weight excluding hydrogens is 242 g/mol. The van der Waals surface area contributed by atoms with E-state index in [4.69, 9.17) is 4.74 Å². The Morgan fingerprint density at radius 1 is 1.32 bits per heavy atom. The van der Waals surface area contributed by atoms with Crippen LogP contribution in [0.5, 0.6) is 0 Å². The molecule has 1 saturated carbocycles. The Balaban J connectivity index is 2.53. The zero-order valence-electron chi connectivity index (χ0n) is 12.6. The number of esters is 1. The van der Waals surface area contributed by atoms with E-state index in [1.165, 1.54) is 6.42 Å². The Morgan fingerprint density at radius 2 is 2.00 bits per heavy atom. The first-order chi connectivity index (χ1) is 8.95. The fourth-order valence-electron chi connectivity index (χ4n) is 3.01. The first kappa shape index (κ1) is 16.0. The van der Waals surface area contributed by atoms with Crippen LogP contribution in [0.1, 0.15) is 47.0 Å². The summed E-state index contributed by atoms with van der Waals surface area (Å²) in [4.78, 5) is 23.5. The standard InChI is InChI=1S/C15H27NO3/c1-5-19-14(17)9-16-15(18)13-8-11(4)6-7-12(13)10(2)3/h10-13H,5-9H2,1-4H3,(H,16,18)/t11-,12-,13-/m1/s1. The average Bonchev–Trinajstić information content (AvgIpc) is 2.35. The lowest BCUT2D eigenvalue weighted by molar-refractivity contribution is -0.144. The van der Waals surface area contributed by atoms with E-state index in [1.54, 1.807) is 6.92 Å². The summed E-state index contributed by atoms with van der Waals surface area (Å²) in [5.41, 5.74) is 0. The third-order valence-electron chi connectivity index (χ3n) is 4.07. The molecule has 0 radical (unpaired) electrons. The van der Waals surface area contributed by atoms with Crippen LogP contribution in [0.3, 0.4) is 0 Å². The van der Waals surface area contributed by atoms with Gasteiger partial charge in [-0.2, -0.15) is 0 Å². The zero-order valence-corrected chi connectivity index (χ0v) is 12.6. The van der Waals surface area contributed by atoms with Gasteiger partial charge in [0.25, 0.3) is 0 Å². The Kier molecular flexibility index (Phi) is 6.32. The fourth-order valence-corrected chi connectivity index (χ4v) is 3.01. The number of nitrogens with one attached hydrogen (secondary N) is 1. The predicted octanol–water partition coefficient (Wildman–Crippen LogP) is 2.37. The maximum Gasteiger partial charge on any atom is 0.325 e. The van der Waals surface area contributed by atoms with Gasteiger partial charge in [-0.3, -0.25) is 9.59 Å². The van der Waals surface area contributed by atoms with E-state index in [9.17, 15) is 9.59 Å². The van der Waals surface area contributed by atoms with E-state index >= 15 is 0 Å². The van der Waals surface area contributed by atoms with Gasteiger partial charge < -0.3 is 10.1 Å². The molecule has 0 aromatic carbocycles. The highest BCUT2D eigenvalue weighted by Gasteiger charge is 2.35. The number of rotatable bonds is 5. The summed E-state index contributed by atoms with van der Waals surface area (Å²) >= 11 is 0. The van der Waals surface area contributed by atoms with E-state index in [-0.39, 0.29) is 24.3 Å². The summed E-state index contributed by atoms with van der Waals surface area (Å²) in [6, 6.07) is 0. The molecule has 3 atom stereocenters. The molecule has 1 aliphatic rings. The summed E-state index contributed by atoms with van der Waals surface area (Å²) in [5, 5.41) is 2.73. The second-order valence-electron chi connectivity index (χ2n) is 5.96. The van der Waals surface area contributed by atoms with Gasteiger partial charge in [0.15, 0.2) is 0 Å². The molecule has 19 heavy (non-hydrogen) atoms. The van der Waals surface area contributed by atoms with Gasteiger partial charge in [-0.25, -0.2) is 0 Å². The van der Waals surface area contributed by atoms with Crippen molar-refractivity contribution >= 4 is 11.9 Å². The van der Waals surface area contributed by atoms with E-state index in [0.717, 1.165) is 12.8 Å². The van der Waals surface area contributed by atoms with Crippen LogP contribution >= 0.6 is 0 Å². The Bertz CT molecular complexity index is 315. The number of hydrogen-bond acceptors (Lipinski definition) is 3. The number of amides is 1. The average molecular weight is 269 g/mol. The molecule has 0 saturated heterocycles. The molecule has 0 bridgehead atoms. The molecular formula is C15H27NO3. The summed E-state index contributed by atoms with van der Waals surface area (Å²) in [7, 11) is 0. The van der Waals surface area contributed by atoms with Crippen molar-refractivity contribution in [1.82, 2.24) is 5.32 Å². The zero-order chi connectivity index (χ0) is 14.4. The van der Waals surface area contributed by atoms with Crippen molar-refractivity contribution < 1.29 is 14.3 Å². The minimum Gasteiger partial charge on any atom is -0.465 e. The van der Waals surface area contributed by atoms with Gasteiger partial charge in [-0.1, -0.05) is 27.2 Å². The van der Waals surface area contributed by atoms with Crippen LogP contribution in [0.2, 0.25) is 0 Å². The molecule has 1 fully saturated rings. The smallest absolute Gasteiger partial charge is 0.325 e. The first-order valence-corrected chi connectivity index (χ1v) is 7.39. The van der Waals surface area contributed by atoms with E-state index in [2.05, 4.69) is 26.1 Å². The molecule has 0 unspecified atom stereocenters.